The van der Waals surface area contributed by atoms with Crippen molar-refractivity contribution in [3.05, 3.63) is 57.8 Å². The van der Waals surface area contributed by atoms with Crippen LogP contribution in [0.15, 0.2) is 34.8 Å². The van der Waals surface area contributed by atoms with Gasteiger partial charge in [-0.05, 0) is 52.7 Å². The van der Waals surface area contributed by atoms with Crippen molar-refractivity contribution in [3.8, 4) is 0 Å². The molecule has 0 saturated heterocycles. The molecule has 0 fully saturated rings. The van der Waals surface area contributed by atoms with E-state index in [1.807, 2.05) is 0 Å². The minimum absolute atomic E-state index is 0.0669. The largest absolute Gasteiger partial charge is 0.320 e. The van der Waals surface area contributed by atoms with Crippen LogP contribution >= 0.6 is 15.9 Å². The van der Waals surface area contributed by atoms with E-state index in [9.17, 15) is 13.6 Å². The van der Waals surface area contributed by atoms with Crippen LogP contribution in [0.3, 0.4) is 0 Å². The zero-order chi connectivity index (χ0) is 14.0. The number of anilines is 1. The molecule has 19 heavy (non-hydrogen) atoms. The Hall–Kier alpha value is -1.82. The number of amides is 1. The number of aromatic nitrogens is 1. The highest BCUT2D eigenvalue weighted by Crippen LogP contribution is 2.24. The number of hydrogen-bond donors (Lipinski definition) is 1. The summed E-state index contributed by atoms with van der Waals surface area (Å²) in [5, 5.41) is 2.49. The molecule has 2 aromatic rings. The molecule has 0 aliphatic heterocycles. The van der Waals surface area contributed by atoms with E-state index in [0.717, 1.165) is 6.07 Å². The summed E-state index contributed by atoms with van der Waals surface area (Å²) in [7, 11) is 0. The first-order valence-electron chi connectivity index (χ1n) is 5.37. The number of carbonyl (C=O) groups is 1. The van der Waals surface area contributed by atoms with Gasteiger partial charge in [0.05, 0.1) is 4.47 Å². The van der Waals surface area contributed by atoms with Gasteiger partial charge in [0.2, 0.25) is 5.95 Å². The molecule has 1 amide bonds. The van der Waals surface area contributed by atoms with E-state index in [2.05, 4.69) is 26.2 Å². The second-order valence-electron chi connectivity index (χ2n) is 3.88. The van der Waals surface area contributed by atoms with Gasteiger partial charge < -0.3 is 5.32 Å². The summed E-state index contributed by atoms with van der Waals surface area (Å²) in [5.41, 5.74) is 0.928. The fourth-order valence-corrected chi connectivity index (χ4v) is 1.96. The van der Waals surface area contributed by atoms with Gasteiger partial charge >= 0.3 is 0 Å². The van der Waals surface area contributed by atoms with Gasteiger partial charge in [0.1, 0.15) is 11.5 Å². The van der Waals surface area contributed by atoms with E-state index in [0.29, 0.717) is 15.7 Å². The molecule has 0 spiro atoms. The Kier molecular flexibility index (Phi) is 3.90. The summed E-state index contributed by atoms with van der Waals surface area (Å²) in [6.07, 6.45) is 0. The van der Waals surface area contributed by atoms with E-state index in [1.54, 1.807) is 13.0 Å². The highest BCUT2D eigenvalue weighted by atomic mass is 79.9. The van der Waals surface area contributed by atoms with E-state index in [1.165, 1.54) is 18.2 Å². The highest BCUT2D eigenvalue weighted by molar-refractivity contribution is 9.10. The molecule has 0 unspecified atom stereocenters. The third kappa shape index (κ3) is 3.14. The van der Waals surface area contributed by atoms with Crippen LogP contribution < -0.4 is 5.32 Å². The minimum Gasteiger partial charge on any atom is -0.320 e. The maximum atomic E-state index is 13.4. The molecule has 0 aliphatic rings. The van der Waals surface area contributed by atoms with Crippen molar-refractivity contribution in [1.82, 2.24) is 4.98 Å². The molecule has 1 aromatic heterocycles. The van der Waals surface area contributed by atoms with Crippen molar-refractivity contribution in [2.75, 3.05) is 5.32 Å². The van der Waals surface area contributed by atoms with Crippen LogP contribution in [0.1, 0.15) is 16.1 Å². The summed E-state index contributed by atoms with van der Waals surface area (Å²) in [6.45, 7) is 1.72. The fourth-order valence-electron chi connectivity index (χ4n) is 1.50. The number of benzene rings is 1. The molecule has 0 atom stereocenters. The van der Waals surface area contributed by atoms with Gasteiger partial charge in [0.25, 0.3) is 5.91 Å². The number of nitrogens with one attached hydrogen (secondary N) is 1. The highest BCUT2D eigenvalue weighted by Gasteiger charge is 2.12. The summed E-state index contributed by atoms with van der Waals surface area (Å²) >= 11 is 3.05. The van der Waals surface area contributed by atoms with Crippen molar-refractivity contribution in [2.45, 2.75) is 6.92 Å². The summed E-state index contributed by atoms with van der Waals surface area (Å²) in [6, 6.07) is 6.64. The van der Waals surface area contributed by atoms with Crippen LogP contribution in [0.25, 0.3) is 0 Å². The number of hydrogen-bond acceptors (Lipinski definition) is 2. The quantitative estimate of drug-likeness (QED) is 0.855. The van der Waals surface area contributed by atoms with Crippen LogP contribution in [-0.4, -0.2) is 10.9 Å². The first kappa shape index (κ1) is 13.6. The Morgan fingerprint density at radius 2 is 2.05 bits per heavy atom. The molecular formula is C13H9BrF2N2O. The van der Waals surface area contributed by atoms with Crippen molar-refractivity contribution in [3.63, 3.8) is 0 Å². The van der Waals surface area contributed by atoms with Gasteiger partial charge in [-0.15, -0.1) is 0 Å². The molecule has 1 aromatic carbocycles. The monoisotopic (exact) mass is 326 g/mol. The second kappa shape index (κ2) is 5.44. The lowest BCUT2D eigenvalue weighted by molar-refractivity contribution is 0.102. The Labute approximate surface area is 116 Å². The van der Waals surface area contributed by atoms with Gasteiger partial charge in [0, 0.05) is 5.69 Å². The lowest BCUT2D eigenvalue weighted by Gasteiger charge is -2.09. The number of carbonyl (C=O) groups excluding carboxylic acids is 1. The average molecular weight is 327 g/mol. The maximum Gasteiger partial charge on any atom is 0.274 e. The molecule has 0 saturated carbocycles. The standard InChI is InChI=1S/C13H9BrF2N2O/c1-7-5-8(14)9(15)6-11(7)18-13(19)10-3-2-4-12(16)17-10/h2-6H,1H3,(H,18,19). The first-order valence-corrected chi connectivity index (χ1v) is 6.16. The lowest BCUT2D eigenvalue weighted by Crippen LogP contribution is -2.15. The number of pyridine rings is 1. The normalized spacial score (nSPS) is 10.3. The zero-order valence-electron chi connectivity index (χ0n) is 9.88. The van der Waals surface area contributed by atoms with Gasteiger partial charge in [-0.25, -0.2) is 9.37 Å². The van der Waals surface area contributed by atoms with E-state index >= 15 is 0 Å². The third-order valence-electron chi connectivity index (χ3n) is 2.46. The van der Waals surface area contributed by atoms with Crippen molar-refractivity contribution >= 4 is 27.5 Å². The fraction of sp³-hybridized carbons (Fsp3) is 0.0769. The average Bonchev–Trinajstić information content (AvgIpc) is 2.36. The van der Waals surface area contributed by atoms with Crippen LogP contribution in [-0.2, 0) is 0 Å². The molecule has 6 heteroatoms. The number of rotatable bonds is 2. The van der Waals surface area contributed by atoms with Crippen LogP contribution in [0.2, 0.25) is 0 Å². The van der Waals surface area contributed by atoms with E-state index in [4.69, 9.17) is 0 Å². The summed E-state index contributed by atoms with van der Waals surface area (Å²) in [5.74, 6) is -1.83. The molecule has 0 aliphatic carbocycles. The number of nitrogens with zero attached hydrogens (tertiary/aromatic N) is 1. The van der Waals surface area contributed by atoms with Gasteiger partial charge in [-0.1, -0.05) is 6.07 Å². The molecule has 3 nitrogen and oxygen atoms in total. The molecule has 2 rings (SSSR count). The Balaban J connectivity index is 2.27. The summed E-state index contributed by atoms with van der Waals surface area (Å²) < 4.78 is 26.6. The Bertz CT molecular complexity index is 647. The van der Waals surface area contributed by atoms with Gasteiger partial charge in [0.15, 0.2) is 0 Å². The maximum absolute atomic E-state index is 13.4. The van der Waals surface area contributed by atoms with E-state index in [-0.39, 0.29) is 5.69 Å². The van der Waals surface area contributed by atoms with Crippen molar-refractivity contribution in [1.29, 1.82) is 0 Å². The molecule has 0 radical (unpaired) electrons. The lowest BCUT2D eigenvalue weighted by atomic mass is 10.2. The summed E-state index contributed by atoms with van der Waals surface area (Å²) in [4.78, 5) is 15.3. The zero-order valence-corrected chi connectivity index (χ0v) is 11.5. The smallest absolute Gasteiger partial charge is 0.274 e. The first-order chi connectivity index (χ1) is 8.97. The molecule has 1 heterocycles. The molecule has 98 valence electrons. The Morgan fingerprint density at radius 3 is 2.74 bits per heavy atom. The van der Waals surface area contributed by atoms with Crippen molar-refractivity contribution in [2.24, 2.45) is 0 Å². The minimum atomic E-state index is -0.744. The van der Waals surface area contributed by atoms with Gasteiger partial charge in [-0.3, -0.25) is 4.79 Å². The predicted octanol–water partition coefficient (Wildman–Crippen LogP) is 3.68. The van der Waals surface area contributed by atoms with Gasteiger partial charge in [-0.2, -0.15) is 4.39 Å². The predicted molar refractivity (Wildman–Crippen MR) is 71.0 cm³/mol. The number of halogens is 3. The van der Waals surface area contributed by atoms with Crippen LogP contribution in [0.4, 0.5) is 14.5 Å². The second-order valence-corrected chi connectivity index (χ2v) is 4.74. The third-order valence-corrected chi connectivity index (χ3v) is 3.07. The van der Waals surface area contributed by atoms with Crippen molar-refractivity contribution < 1.29 is 13.6 Å². The van der Waals surface area contributed by atoms with E-state index < -0.39 is 17.7 Å². The molecule has 0 bridgehead atoms. The number of aryl methyl sites for hydroxylation is 1. The Morgan fingerprint density at radius 1 is 1.32 bits per heavy atom. The van der Waals surface area contributed by atoms with Crippen LogP contribution in [0, 0.1) is 18.7 Å². The van der Waals surface area contributed by atoms with Crippen LogP contribution in [0.5, 0.6) is 0 Å². The topological polar surface area (TPSA) is 42.0 Å². The molecular weight excluding hydrogens is 318 g/mol. The molecule has 1 N–H and O–H groups in total. The SMILES string of the molecule is Cc1cc(Br)c(F)cc1NC(=O)c1cccc(F)n1.